The van der Waals surface area contributed by atoms with Crippen molar-refractivity contribution < 1.29 is 8.42 Å². The Kier molecular flexibility index (Phi) is 5.39. The van der Waals surface area contributed by atoms with Crippen molar-refractivity contribution in [2.45, 2.75) is 25.3 Å². The lowest BCUT2D eigenvalue weighted by atomic mass is 10.3. The van der Waals surface area contributed by atoms with E-state index < -0.39 is 10.0 Å². The summed E-state index contributed by atoms with van der Waals surface area (Å²) in [7, 11) is -3.45. The van der Waals surface area contributed by atoms with Gasteiger partial charge in [-0.2, -0.15) is 4.31 Å². The van der Waals surface area contributed by atoms with Crippen LogP contribution in [0.2, 0.25) is 0 Å². The molecular formula is C15H20N2O2S2. The Bertz CT molecular complexity index is 649. The molecule has 0 spiro atoms. The summed E-state index contributed by atoms with van der Waals surface area (Å²) in [6.07, 6.45) is 0. The van der Waals surface area contributed by atoms with Gasteiger partial charge in [0.15, 0.2) is 0 Å². The fourth-order valence-corrected chi connectivity index (χ4v) is 4.27. The third-order valence-electron chi connectivity index (χ3n) is 3.14. The normalized spacial score (nSPS) is 11.8. The van der Waals surface area contributed by atoms with Crippen LogP contribution in [0.15, 0.2) is 46.7 Å². The summed E-state index contributed by atoms with van der Waals surface area (Å²) >= 11 is 1.57. The lowest BCUT2D eigenvalue weighted by Gasteiger charge is -2.20. The molecule has 2 aromatic rings. The van der Waals surface area contributed by atoms with Crippen LogP contribution in [0.25, 0.3) is 0 Å². The van der Waals surface area contributed by atoms with Crippen molar-refractivity contribution >= 4 is 27.0 Å². The molecule has 0 aliphatic rings. The maximum absolute atomic E-state index is 12.7. The summed E-state index contributed by atoms with van der Waals surface area (Å²) in [5.41, 5.74) is 0.928. The first kappa shape index (κ1) is 16.0. The lowest BCUT2D eigenvalue weighted by molar-refractivity contribution is 0.426. The van der Waals surface area contributed by atoms with Gasteiger partial charge < -0.3 is 5.32 Å². The Morgan fingerprint density at radius 1 is 1.14 bits per heavy atom. The third-order valence-corrected chi connectivity index (χ3v) is 5.93. The highest BCUT2D eigenvalue weighted by Crippen LogP contribution is 2.21. The number of benzene rings is 1. The van der Waals surface area contributed by atoms with E-state index in [9.17, 15) is 8.42 Å². The summed E-state index contributed by atoms with van der Waals surface area (Å²) in [4.78, 5) is 1.38. The summed E-state index contributed by atoms with van der Waals surface area (Å²) in [5.74, 6) is 0. The number of anilines is 1. The van der Waals surface area contributed by atoms with Crippen molar-refractivity contribution in [3.05, 3.63) is 46.7 Å². The molecule has 114 valence electrons. The van der Waals surface area contributed by atoms with E-state index in [1.807, 2.05) is 31.4 Å². The Hall–Kier alpha value is -1.37. The molecule has 1 aromatic heterocycles. The van der Waals surface area contributed by atoms with Gasteiger partial charge in [-0.25, -0.2) is 8.42 Å². The fourth-order valence-electron chi connectivity index (χ4n) is 2.04. The maximum atomic E-state index is 12.7. The highest BCUT2D eigenvalue weighted by atomic mass is 32.2. The van der Waals surface area contributed by atoms with E-state index in [1.54, 1.807) is 35.6 Å². The summed E-state index contributed by atoms with van der Waals surface area (Å²) in [6.45, 7) is 5.55. The van der Waals surface area contributed by atoms with Gasteiger partial charge in [-0.1, -0.05) is 13.0 Å². The van der Waals surface area contributed by atoms with Crippen LogP contribution in [0.3, 0.4) is 0 Å². The van der Waals surface area contributed by atoms with E-state index in [2.05, 4.69) is 5.32 Å². The number of sulfonamides is 1. The van der Waals surface area contributed by atoms with Gasteiger partial charge in [-0.3, -0.25) is 0 Å². The molecule has 21 heavy (non-hydrogen) atoms. The minimum atomic E-state index is -3.45. The molecule has 0 atom stereocenters. The molecular weight excluding hydrogens is 304 g/mol. The number of hydrogen-bond acceptors (Lipinski definition) is 4. The molecule has 4 nitrogen and oxygen atoms in total. The highest BCUT2D eigenvalue weighted by molar-refractivity contribution is 7.89. The minimum Gasteiger partial charge on any atom is -0.385 e. The van der Waals surface area contributed by atoms with E-state index in [1.165, 1.54) is 4.31 Å². The molecule has 0 radical (unpaired) electrons. The number of nitrogens with zero attached hydrogens (tertiary/aromatic N) is 1. The van der Waals surface area contributed by atoms with E-state index in [0.29, 0.717) is 18.0 Å². The predicted octanol–water partition coefficient (Wildman–Crippen LogP) is 3.39. The largest absolute Gasteiger partial charge is 0.385 e. The van der Waals surface area contributed by atoms with Crippen molar-refractivity contribution in [2.75, 3.05) is 18.4 Å². The zero-order valence-corrected chi connectivity index (χ0v) is 13.9. The third kappa shape index (κ3) is 3.84. The zero-order valence-electron chi connectivity index (χ0n) is 12.2. The predicted molar refractivity (Wildman–Crippen MR) is 88.2 cm³/mol. The van der Waals surface area contributed by atoms with Crippen LogP contribution in [0.1, 0.15) is 18.7 Å². The average Bonchev–Trinajstić information content (AvgIpc) is 2.98. The molecule has 0 bridgehead atoms. The number of thiophene rings is 1. The quantitative estimate of drug-likeness (QED) is 0.849. The SMILES string of the molecule is CCNc1ccc(S(=O)(=O)N(CC)Cc2cccs2)cc1. The van der Waals surface area contributed by atoms with E-state index >= 15 is 0 Å². The standard InChI is InChI=1S/C15H20N2O2S2/c1-3-16-13-7-9-15(10-8-13)21(18,19)17(4-2)12-14-6-5-11-20-14/h5-11,16H,3-4,12H2,1-2H3. The first-order valence-corrected chi connectivity index (χ1v) is 9.26. The van der Waals surface area contributed by atoms with Gasteiger partial charge in [0.2, 0.25) is 10.0 Å². The minimum absolute atomic E-state index is 0.336. The molecule has 1 heterocycles. The number of rotatable bonds is 7. The first-order valence-electron chi connectivity index (χ1n) is 6.94. The van der Waals surface area contributed by atoms with Gasteiger partial charge >= 0.3 is 0 Å². The van der Waals surface area contributed by atoms with Gasteiger partial charge in [0.1, 0.15) is 0 Å². The molecule has 0 saturated heterocycles. The number of nitrogens with one attached hydrogen (secondary N) is 1. The van der Waals surface area contributed by atoms with Gasteiger partial charge in [0, 0.05) is 30.2 Å². The molecule has 0 aliphatic heterocycles. The van der Waals surface area contributed by atoms with Crippen LogP contribution in [-0.4, -0.2) is 25.8 Å². The van der Waals surface area contributed by atoms with Gasteiger partial charge in [-0.15, -0.1) is 11.3 Å². The summed E-state index contributed by atoms with van der Waals surface area (Å²) in [5, 5.41) is 5.12. The second kappa shape index (κ2) is 7.06. The zero-order chi connectivity index (χ0) is 15.3. The summed E-state index contributed by atoms with van der Waals surface area (Å²) in [6, 6.07) is 10.8. The molecule has 6 heteroatoms. The van der Waals surface area contributed by atoms with Gasteiger partial charge in [-0.05, 0) is 42.6 Å². The number of hydrogen-bond donors (Lipinski definition) is 1. The van der Waals surface area contributed by atoms with Crippen LogP contribution in [0.4, 0.5) is 5.69 Å². The molecule has 0 fully saturated rings. The summed E-state index contributed by atoms with van der Waals surface area (Å²) < 4.78 is 26.8. The molecule has 0 saturated carbocycles. The lowest BCUT2D eigenvalue weighted by Crippen LogP contribution is -2.30. The Labute approximate surface area is 130 Å². The Balaban J connectivity index is 2.22. The second-order valence-electron chi connectivity index (χ2n) is 4.57. The van der Waals surface area contributed by atoms with Crippen LogP contribution < -0.4 is 5.32 Å². The van der Waals surface area contributed by atoms with Crippen LogP contribution >= 0.6 is 11.3 Å². The average molecular weight is 324 g/mol. The van der Waals surface area contributed by atoms with Crippen LogP contribution in [0, 0.1) is 0 Å². The monoisotopic (exact) mass is 324 g/mol. The molecule has 0 unspecified atom stereocenters. The van der Waals surface area contributed by atoms with Crippen molar-refractivity contribution in [3.63, 3.8) is 0 Å². The van der Waals surface area contributed by atoms with E-state index in [0.717, 1.165) is 17.1 Å². The van der Waals surface area contributed by atoms with Gasteiger partial charge in [0.25, 0.3) is 0 Å². The van der Waals surface area contributed by atoms with Crippen molar-refractivity contribution in [3.8, 4) is 0 Å². The second-order valence-corrected chi connectivity index (χ2v) is 7.54. The smallest absolute Gasteiger partial charge is 0.243 e. The van der Waals surface area contributed by atoms with Crippen molar-refractivity contribution in [1.29, 1.82) is 0 Å². The van der Waals surface area contributed by atoms with Crippen LogP contribution in [0.5, 0.6) is 0 Å². The first-order chi connectivity index (χ1) is 10.1. The van der Waals surface area contributed by atoms with E-state index in [4.69, 9.17) is 0 Å². The molecule has 1 N–H and O–H groups in total. The van der Waals surface area contributed by atoms with Crippen molar-refractivity contribution in [1.82, 2.24) is 4.31 Å². The topological polar surface area (TPSA) is 49.4 Å². The van der Waals surface area contributed by atoms with Crippen LogP contribution in [-0.2, 0) is 16.6 Å². The van der Waals surface area contributed by atoms with E-state index in [-0.39, 0.29) is 0 Å². The molecule has 0 amide bonds. The Morgan fingerprint density at radius 3 is 2.38 bits per heavy atom. The molecule has 1 aromatic carbocycles. The highest BCUT2D eigenvalue weighted by Gasteiger charge is 2.23. The fraction of sp³-hybridized carbons (Fsp3) is 0.333. The Morgan fingerprint density at radius 2 is 1.86 bits per heavy atom. The molecule has 0 aliphatic carbocycles. The van der Waals surface area contributed by atoms with Gasteiger partial charge in [0.05, 0.1) is 4.90 Å². The molecule has 2 rings (SSSR count). The maximum Gasteiger partial charge on any atom is 0.243 e. The van der Waals surface area contributed by atoms with Crippen molar-refractivity contribution in [2.24, 2.45) is 0 Å².